The highest BCUT2D eigenvalue weighted by atomic mass is 16.4. The summed E-state index contributed by atoms with van der Waals surface area (Å²) in [7, 11) is 0. The number of aliphatic hydroxyl groups is 1. The zero-order valence-electron chi connectivity index (χ0n) is 8.12. The molecular weight excluding hydrogens is 186 g/mol. The molecule has 0 fully saturated rings. The van der Waals surface area contributed by atoms with Crippen LogP contribution in [0.3, 0.4) is 0 Å². The second-order valence-corrected chi connectivity index (χ2v) is 2.30. The quantitative estimate of drug-likeness (QED) is 0.555. The van der Waals surface area contributed by atoms with E-state index in [1.165, 1.54) is 6.92 Å². The average Bonchev–Trinajstić information content (AvgIpc) is 2.14. The van der Waals surface area contributed by atoms with E-state index in [1.54, 1.807) is 0 Å². The van der Waals surface area contributed by atoms with Crippen molar-refractivity contribution < 1.29 is 19.8 Å². The van der Waals surface area contributed by atoms with Crippen LogP contribution in [0.25, 0.3) is 0 Å². The summed E-state index contributed by atoms with van der Waals surface area (Å²) in [6.07, 6.45) is 1.16. The van der Waals surface area contributed by atoms with Crippen LogP contribution in [0.15, 0.2) is 24.8 Å². The van der Waals surface area contributed by atoms with Gasteiger partial charge in [0.1, 0.15) is 0 Å². The van der Waals surface area contributed by atoms with Gasteiger partial charge in [-0.2, -0.15) is 0 Å². The van der Waals surface area contributed by atoms with Gasteiger partial charge in [-0.3, -0.25) is 4.79 Å². The first-order chi connectivity index (χ1) is 6.45. The molecule has 3 N–H and O–H groups in total. The Kier molecular flexibility index (Phi) is 10.1. The van der Waals surface area contributed by atoms with Gasteiger partial charge in [0.25, 0.3) is 0 Å². The lowest BCUT2D eigenvalue weighted by Gasteiger charge is -1.94. The third-order valence-corrected chi connectivity index (χ3v) is 0.962. The van der Waals surface area contributed by atoms with Gasteiger partial charge in [-0.25, -0.2) is 4.79 Å². The molecule has 0 aliphatic carbocycles. The van der Waals surface area contributed by atoms with Crippen LogP contribution < -0.4 is 5.32 Å². The molecular formula is C9H15NO4. The molecule has 0 aliphatic heterocycles. The lowest BCUT2D eigenvalue weighted by atomic mass is 10.4. The summed E-state index contributed by atoms with van der Waals surface area (Å²) < 4.78 is 0. The molecule has 0 aromatic rings. The van der Waals surface area contributed by atoms with Gasteiger partial charge < -0.3 is 15.5 Å². The Balaban J connectivity index is 0. The van der Waals surface area contributed by atoms with Crippen LogP contribution >= 0.6 is 0 Å². The number of amides is 1. The Bertz CT molecular complexity index is 211. The molecule has 0 aliphatic rings. The SMILES string of the molecule is C=C(C)C(=O)O.C=CC(=O)NCCO. The summed E-state index contributed by atoms with van der Waals surface area (Å²) in [5, 5.41) is 18.4. The van der Waals surface area contributed by atoms with Crippen molar-refractivity contribution >= 4 is 11.9 Å². The number of carboxylic acids is 1. The monoisotopic (exact) mass is 201 g/mol. The Morgan fingerprint density at radius 2 is 1.93 bits per heavy atom. The van der Waals surface area contributed by atoms with Crippen molar-refractivity contribution in [2.24, 2.45) is 0 Å². The molecule has 0 bridgehead atoms. The highest BCUT2D eigenvalue weighted by Gasteiger charge is 1.90. The van der Waals surface area contributed by atoms with Gasteiger partial charge in [0, 0.05) is 12.1 Å². The first-order valence-electron chi connectivity index (χ1n) is 3.85. The summed E-state index contributed by atoms with van der Waals surface area (Å²) in [6, 6.07) is 0. The molecule has 0 saturated heterocycles. The molecule has 14 heavy (non-hydrogen) atoms. The predicted octanol–water partition coefficient (Wildman–Crippen LogP) is -0.0720. The van der Waals surface area contributed by atoms with Crippen LogP contribution in [0.5, 0.6) is 0 Å². The maximum absolute atomic E-state index is 10.2. The molecule has 5 nitrogen and oxygen atoms in total. The van der Waals surface area contributed by atoms with E-state index >= 15 is 0 Å². The zero-order valence-corrected chi connectivity index (χ0v) is 8.12. The van der Waals surface area contributed by atoms with Crippen LogP contribution in [-0.2, 0) is 9.59 Å². The van der Waals surface area contributed by atoms with Crippen molar-refractivity contribution in [2.75, 3.05) is 13.2 Å². The Labute approximate surface area is 82.7 Å². The summed E-state index contributed by atoms with van der Waals surface area (Å²) in [4.78, 5) is 19.8. The highest BCUT2D eigenvalue weighted by molar-refractivity contribution is 5.86. The standard InChI is InChI=1S/C5H9NO2.C4H6O2/c1-2-5(8)6-3-4-7;1-3(2)4(5)6/h2,7H,1,3-4H2,(H,6,8);1H2,2H3,(H,5,6). The third kappa shape index (κ3) is 13.0. The third-order valence-electron chi connectivity index (χ3n) is 0.962. The fourth-order valence-corrected chi connectivity index (χ4v) is 0.251. The van der Waals surface area contributed by atoms with E-state index in [4.69, 9.17) is 10.2 Å². The lowest BCUT2D eigenvalue weighted by molar-refractivity contribution is -0.132. The van der Waals surface area contributed by atoms with Gasteiger partial charge in [0.15, 0.2) is 0 Å². The van der Waals surface area contributed by atoms with Crippen molar-refractivity contribution in [3.8, 4) is 0 Å². The van der Waals surface area contributed by atoms with E-state index in [0.29, 0.717) is 6.54 Å². The topological polar surface area (TPSA) is 86.6 Å². The fraction of sp³-hybridized carbons (Fsp3) is 0.333. The van der Waals surface area contributed by atoms with Crippen LogP contribution in [0.2, 0.25) is 0 Å². The molecule has 0 spiro atoms. The molecule has 5 heteroatoms. The molecule has 0 aromatic carbocycles. The molecule has 0 aromatic heterocycles. The summed E-state index contributed by atoms with van der Waals surface area (Å²) in [6.45, 7) is 8.09. The second kappa shape index (κ2) is 9.47. The maximum atomic E-state index is 10.2. The van der Waals surface area contributed by atoms with Crippen LogP contribution in [0, 0.1) is 0 Å². The summed E-state index contributed by atoms with van der Waals surface area (Å²) >= 11 is 0. The normalized spacial score (nSPS) is 7.86. The first kappa shape index (κ1) is 14.9. The number of aliphatic carboxylic acids is 1. The molecule has 0 saturated carbocycles. The van der Waals surface area contributed by atoms with E-state index in [2.05, 4.69) is 18.5 Å². The lowest BCUT2D eigenvalue weighted by Crippen LogP contribution is -2.23. The minimum atomic E-state index is -0.935. The first-order valence-corrected chi connectivity index (χ1v) is 3.85. The van der Waals surface area contributed by atoms with E-state index in [-0.39, 0.29) is 18.1 Å². The number of hydrogen-bond acceptors (Lipinski definition) is 3. The second-order valence-electron chi connectivity index (χ2n) is 2.30. The van der Waals surface area contributed by atoms with E-state index in [1.807, 2.05) is 0 Å². The number of carboxylic acid groups (broad SMARTS) is 1. The van der Waals surface area contributed by atoms with E-state index < -0.39 is 5.97 Å². The van der Waals surface area contributed by atoms with E-state index in [0.717, 1.165) is 6.08 Å². The minimum Gasteiger partial charge on any atom is -0.478 e. The van der Waals surface area contributed by atoms with Gasteiger partial charge in [-0.15, -0.1) is 0 Å². The van der Waals surface area contributed by atoms with Crippen molar-refractivity contribution in [3.05, 3.63) is 24.8 Å². The van der Waals surface area contributed by atoms with Gasteiger partial charge in [0.2, 0.25) is 5.91 Å². The number of aliphatic hydroxyl groups excluding tert-OH is 1. The Morgan fingerprint density at radius 3 is 2.14 bits per heavy atom. The minimum absolute atomic E-state index is 0.0282. The zero-order chi connectivity index (χ0) is 11.6. The average molecular weight is 201 g/mol. The molecule has 0 unspecified atom stereocenters. The van der Waals surface area contributed by atoms with Gasteiger partial charge in [-0.05, 0) is 13.0 Å². The van der Waals surface area contributed by atoms with Crippen LogP contribution in [0.1, 0.15) is 6.92 Å². The molecule has 0 atom stereocenters. The van der Waals surface area contributed by atoms with Crippen LogP contribution in [-0.4, -0.2) is 35.2 Å². The fourth-order valence-electron chi connectivity index (χ4n) is 0.251. The van der Waals surface area contributed by atoms with Crippen molar-refractivity contribution in [1.29, 1.82) is 0 Å². The number of hydrogen-bond donors (Lipinski definition) is 3. The molecule has 1 amide bonds. The number of rotatable bonds is 4. The molecule has 0 rings (SSSR count). The van der Waals surface area contributed by atoms with Crippen molar-refractivity contribution in [1.82, 2.24) is 5.32 Å². The van der Waals surface area contributed by atoms with Gasteiger partial charge >= 0.3 is 5.97 Å². The summed E-state index contributed by atoms with van der Waals surface area (Å²) in [5.41, 5.74) is 0.176. The predicted molar refractivity (Wildman–Crippen MR) is 52.7 cm³/mol. The Hall–Kier alpha value is -1.62. The molecule has 0 radical (unpaired) electrons. The number of nitrogens with one attached hydrogen (secondary N) is 1. The highest BCUT2D eigenvalue weighted by Crippen LogP contribution is 1.81. The van der Waals surface area contributed by atoms with Crippen molar-refractivity contribution in [3.63, 3.8) is 0 Å². The Morgan fingerprint density at radius 1 is 1.50 bits per heavy atom. The molecule has 80 valence electrons. The maximum Gasteiger partial charge on any atom is 0.330 e. The summed E-state index contributed by atoms with van der Waals surface area (Å²) in [5.74, 6) is -1.19. The van der Waals surface area contributed by atoms with E-state index in [9.17, 15) is 9.59 Å². The van der Waals surface area contributed by atoms with Gasteiger partial charge in [-0.1, -0.05) is 13.2 Å². The van der Waals surface area contributed by atoms with Gasteiger partial charge in [0.05, 0.1) is 6.61 Å². The number of carbonyl (C=O) groups is 2. The smallest absolute Gasteiger partial charge is 0.330 e. The van der Waals surface area contributed by atoms with Crippen LogP contribution in [0.4, 0.5) is 0 Å². The number of carbonyl (C=O) groups excluding carboxylic acids is 1. The molecule has 0 heterocycles. The largest absolute Gasteiger partial charge is 0.478 e. The van der Waals surface area contributed by atoms with Crippen molar-refractivity contribution in [2.45, 2.75) is 6.92 Å².